The van der Waals surface area contributed by atoms with Gasteiger partial charge in [-0.05, 0) is 13.0 Å². The number of hydrogen-bond acceptors (Lipinski definition) is 5. The average molecular weight is 252 g/mol. The Balaban J connectivity index is 2.39. The lowest BCUT2D eigenvalue weighted by molar-refractivity contribution is 0.356. The molecule has 92 valence electrons. The highest BCUT2D eigenvalue weighted by molar-refractivity contribution is 7.18. The number of aryl methyl sites for hydroxylation is 1. The van der Waals surface area contributed by atoms with Crippen molar-refractivity contribution in [3.8, 4) is 11.5 Å². The Morgan fingerprint density at radius 2 is 1.94 bits per heavy atom. The molecule has 0 unspecified atom stereocenters. The van der Waals surface area contributed by atoms with Crippen LogP contribution >= 0.6 is 11.3 Å². The molecule has 0 fully saturated rings. The number of aromatic nitrogens is 1. The number of benzene rings is 1. The van der Waals surface area contributed by atoms with E-state index in [-0.39, 0.29) is 0 Å². The molecular formula is C12H16N2O2S. The maximum atomic E-state index is 5.50. The molecule has 1 aromatic carbocycles. The van der Waals surface area contributed by atoms with Crippen molar-refractivity contribution >= 4 is 21.6 Å². The van der Waals surface area contributed by atoms with Crippen molar-refractivity contribution in [2.24, 2.45) is 5.73 Å². The number of thiazole rings is 1. The summed E-state index contributed by atoms with van der Waals surface area (Å²) in [5.74, 6) is 1.46. The van der Waals surface area contributed by atoms with E-state index >= 15 is 0 Å². The highest BCUT2D eigenvalue weighted by Crippen LogP contribution is 2.34. The molecule has 1 aromatic heterocycles. The number of hydrogen-bond donors (Lipinski definition) is 1. The van der Waals surface area contributed by atoms with Crippen LogP contribution in [-0.2, 0) is 6.42 Å². The zero-order valence-corrected chi connectivity index (χ0v) is 10.8. The van der Waals surface area contributed by atoms with Crippen LogP contribution in [0.1, 0.15) is 11.4 Å². The number of fused-ring (bicyclic) bond motifs is 1. The molecule has 0 aliphatic carbocycles. The van der Waals surface area contributed by atoms with Crippen molar-refractivity contribution in [1.29, 1.82) is 0 Å². The first-order valence-corrected chi connectivity index (χ1v) is 6.31. The van der Waals surface area contributed by atoms with Crippen LogP contribution in [0.25, 0.3) is 10.2 Å². The fourth-order valence-electron chi connectivity index (χ4n) is 1.66. The largest absolute Gasteiger partial charge is 0.493 e. The first-order chi connectivity index (χ1) is 8.28. The molecule has 0 spiro atoms. The van der Waals surface area contributed by atoms with E-state index in [9.17, 15) is 0 Å². The Labute approximate surface area is 104 Å². The number of methoxy groups -OCH3 is 2. The van der Waals surface area contributed by atoms with Crippen molar-refractivity contribution in [2.45, 2.75) is 12.8 Å². The predicted molar refractivity (Wildman–Crippen MR) is 70.1 cm³/mol. The molecule has 2 N–H and O–H groups in total. The van der Waals surface area contributed by atoms with Crippen LogP contribution < -0.4 is 15.2 Å². The van der Waals surface area contributed by atoms with Gasteiger partial charge in [0.15, 0.2) is 11.5 Å². The van der Waals surface area contributed by atoms with Gasteiger partial charge in [-0.1, -0.05) is 0 Å². The van der Waals surface area contributed by atoms with Crippen molar-refractivity contribution < 1.29 is 9.47 Å². The SMILES string of the molecule is COc1cc2nc(CCCN)sc2cc1OC. The highest BCUT2D eigenvalue weighted by atomic mass is 32.1. The first kappa shape index (κ1) is 12.1. The molecule has 2 aromatic rings. The van der Waals surface area contributed by atoms with Gasteiger partial charge in [-0.15, -0.1) is 11.3 Å². The zero-order chi connectivity index (χ0) is 12.3. The summed E-state index contributed by atoms with van der Waals surface area (Å²) in [7, 11) is 3.27. The quantitative estimate of drug-likeness (QED) is 0.886. The van der Waals surface area contributed by atoms with Gasteiger partial charge in [0.2, 0.25) is 0 Å². The normalized spacial score (nSPS) is 10.8. The second-order valence-electron chi connectivity index (χ2n) is 3.67. The van der Waals surface area contributed by atoms with E-state index in [0.29, 0.717) is 6.54 Å². The molecule has 4 nitrogen and oxygen atoms in total. The summed E-state index contributed by atoms with van der Waals surface area (Å²) in [6.45, 7) is 0.697. The lowest BCUT2D eigenvalue weighted by atomic mass is 10.3. The number of ether oxygens (including phenoxy) is 2. The van der Waals surface area contributed by atoms with Gasteiger partial charge in [0, 0.05) is 18.6 Å². The monoisotopic (exact) mass is 252 g/mol. The van der Waals surface area contributed by atoms with Gasteiger partial charge in [-0.3, -0.25) is 0 Å². The van der Waals surface area contributed by atoms with Crippen molar-refractivity contribution in [1.82, 2.24) is 4.98 Å². The number of rotatable bonds is 5. The third-order valence-corrected chi connectivity index (χ3v) is 3.61. The molecule has 0 radical (unpaired) electrons. The maximum absolute atomic E-state index is 5.50. The van der Waals surface area contributed by atoms with Gasteiger partial charge in [-0.25, -0.2) is 4.98 Å². The topological polar surface area (TPSA) is 57.4 Å². The molecule has 0 amide bonds. The molecule has 0 saturated carbocycles. The molecule has 0 bridgehead atoms. The Kier molecular flexibility index (Phi) is 3.81. The van der Waals surface area contributed by atoms with Gasteiger partial charge in [0.25, 0.3) is 0 Å². The standard InChI is InChI=1S/C12H16N2O2S/c1-15-9-6-8-11(7-10(9)16-2)17-12(14-8)4-3-5-13/h6-7H,3-5,13H2,1-2H3. The van der Waals surface area contributed by atoms with Gasteiger partial charge >= 0.3 is 0 Å². The van der Waals surface area contributed by atoms with Crippen LogP contribution in [0, 0.1) is 0 Å². The molecule has 17 heavy (non-hydrogen) atoms. The predicted octanol–water partition coefficient (Wildman–Crippen LogP) is 2.20. The highest BCUT2D eigenvalue weighted by Gasteiger charge is 2.10. The van der Waals surface area contributed by atoms with Crippen LogP contribution in [0.2, 0.25) is 0 Å². The minimum absolute atomic E-state index is 0.697. The summed E-state index contributed by atoms with van der Waals surface area (Å²) in [5, 5.41) is 1.11. The summed E-state index contributed by atoms with van der Waals surface area (Å²) in [6, 6.07) is 3.88. The smallest absolute Gasteiger partial charge is 0.162 e. The second-order valence-corrected chi connectivity index (χ2v) is 4.79. The molecule has 0 atom stereocenters. The summed E-state index contributed by atoms with van der Waals surface area (Å²) in [4.78, 5) is 4.56. The summed E-state index contributed by atoms with van der Waals surface area (Å²) in [5.41, 5.74) is 6.46. The zero-order valence-electron chi connectivity index (χ0n) is 10.0. The van der Waals surface area contributed by atoms with Crippen LogP contribution in [0.4, 0.5) is 0 Å². The van der Waals surface area contributed by atoms with E-state index in [1.807, 2.05) is 12.1 Å². The van der Waals surface area contributed by atoms with E-state index in [0.717, 1.165) is 39.6 Å². The van der Waals surface area contributed by atoms with E-state index in [2.05, 4.69) is 4.98 Å². The van der Waals surface area contributed by atoms with Crippen LogP contribution in [0.15, 0.2) is 12.1 Å². The Bertz CT molecular complexity index is 469. The fourth-order valence-corrected chi connectivity index (χ4v) is 2.68. The lowest BCUT2D eigenvalue weighted by Gasteiger charge is -2.05. The molecule has 0 saturated heterocycles. The summed E-state index contributed by atoms with van der Waals surface area (Å²) < 4.78 is 11.6. The third kappa shape index (κ3) is 2.50. The molecule has 1 heterocycles. The maximum Gasteiger partial charge on any atom is 0.162 e. The van der Waals surface area contributed by atoms with Crippen LogP contribution in [0.5, 0.6) is 11.5 Å². The van der Waals surface area contributed by atoms with E-state index in [1.165, 1.54) is 0 Å². The Morgan fingerprint density at radius 3 is 2.59 bits per heavy atom. The molecule has 2 rings (SSSR count). The Hall–Kier alpha value is -1.33. The minimum Gasteiger partial charge on any atom is -0.493 e. The Morgan fingerprint density at radius 1 is 1.24 bits per heavy atom. The van der Waals surface area contributed by atoms with Crippen molar-refractivity contribution in [3.05, 3.63) is 17.1 Å². The molecule has 5 heteroatoms. The fraction of sp³-hybridized carbons (Fsp3) is 0.417. The average Bonchev–Trinajstić information content (AvgIpc) is 2.76. The van der Waals surface area contributed by atoms with Gasteiger partial charge in [0.05, 0.1) is 29.4 Å². The lowest BCUT2D eigenvalue weighted by Crippen LogP contribution is -1.99. The molecule has 0 aliphatic heterocycles. The molecular weight excluding hydrogens is 236 g/mol. The third-order valence-electron chi connectivity index (χ3n) is 2.53. The van der Waals surface area contributed by atoms with Gasteiger partial charge < -0.3 is 15.2 Å². The van der Waals surface area contributed by atoms with Crippen molar-refractivity contribution in [2.75, 3.05) is 20.8 Å². The van der Waals surface area contributed by atoms with Crippen LogP contribution in [-0.4, -0.2) is 25.7 Å². The van der Waals surface area contributed by atoms with E-state index < -0.39 is 0 Å². The second kappa shape index (κ2) is 5.33. The minimum atomic E-state index is 0.697. The van der Waals surface area contributed by atoms with Crippen LogP contribution in [0.3, 0.4) is 0 Å². The van der Waals surface area contributed by atoms with Crippen molar-refractivity contribution in [3.63, 3.8) is 0 Å². The van der Waals surface area contributed by atoms with Gasteiger partial charge in [-0.2, -0.15) is 0 Å². The van der Waals surface area contributed by atoms with Gasteiger partial charge in [0.1, 0.15) is 0 Å². The first-order valence-electron chi connectivity index (χ1n) is 5.50. The van der Waals surface area contributed by atoms with E-state index in [1.54, 1.807) is 25.6 Å². The summed E-state index contributed by atoms with van der Waals surface area (Å²) >= 11 is 1.68. The summed E-state index contributed by atoms with van der Waals surface area (Å²) in [6.07, 6.45) is 1.90. The van der Waals surface area contributed by atoms with E-state index in [4.69, 9.17) is 15.2 Å². The molecule has 0 aliphatic rings. The number of nitrogens with two attached hydrogens (primary N) is 1. The number of nitrogens with zero attached hydrogens (tertiary/aromatic N) is 1.